The summed E-state index contributed by atoms with van der Waals surface area (Å²) in [5.41, 5.74) is 8.77. The van der Waals surface area contributed by atoms with Gasteiger partial charge in [0.05, 0.1) is 11.1 Å². The summed E-state index contributed by atoms with van der Waals surface area (Å²) in [6.07, 6.45) is 3.75. The third-order valence-corrected chi connectivity index (χ3v) is 6.26. The number of fused-ring (bicyclic) bond motifs is 2. The molecule has 2 saturated heterocycles. The molecule has 25 heavy (non-hydrogen) atoms. The molecule has 0 saturated carbocycles. The highest BCUT2D eigenvalue weighted by molar-refractivity contribution is 5.83. The van der Waals surface area contributed by atoms with Gasteiger partial charge < -0.3 is 10.3 Å². The molecule has 1 aromatic carbocycles. The predicted octanol–water partition coefficient (Wildman–Crippen LogP) is 2.74. The van der Waals surface area contributed by atoms with Gasteiger partial charge in [-0.15, -0.1) is 0 Å². The monoisotopic (exact) mass is 339 g/mol. The number of primary amides is 1. The molecule has 1 amide bonds. The van der Waals surface area contributed by atoms with Crippen molar-refractivity contribution in [2.45, 2.75) is 58.2 Å². The van der Waals surface area contributed by atoms with Crippen LogP contribution in [0, 0.1) is 19.3 Å². The number of benzene rings is 1. The van der Waals surface area contributed by atoms with Gasteiger partial charge in [0.25, 0.3) is 0 Å². The average molecular weight is 339 g/mol. The van der Waals surface area contributed by atoms with Crippen LogP contribution in [-0.2, 0) is 17.8 Å². The summed E-state index contributed by atoms with van der Waals surface area (Å²) in [5, 5.41) is 4.07. The van der Waals surface area contributed by atoms with Gasteiger partial charge in [0, 0.05) is 24.2 Å². The van der Waals surface area contributed by atoms with Crippen LogP contribution in [0.1, 0.15) is 41.8 Å². The van der Waals surface area contributed by atoms with E-state index in [1.165, 1.54) is 5.56 Å². The molecule has 2 bridgehead atoms. The Morgan fingerprint density at radius 2 is 2.08 bits per heavy atom. The molecule has 2 N–H and O–H groups in total. The van der Waals surface area contributed by atoms with Gasteiger partial charge in [-0.2, -0.15) is 0 Å². The zero-order valence-corrected chi connectivity index (χ0v) is 14.9. The number of nitrogens with zero attached hydrogens (tertiary/aromatic N) is 2. The molecule has 0 spiro atoms. The van der Waals surface area contributed by atoms with E-state index in [4.69, 9.17) is 10.3 Å². The summed E-state index contributed by atoms with van der Waals surface area (Å²) in [4.78, 5) is 15.0. The highest BCUT2D eigenvalue weighted by Crippen LogP contribution is 2.52. The maximum atomic E-state index is 12.6. The van der Waals surface area contributed by atoms with Crippen LogP contribution in [0.5, 0.6) is 0 Å². The maximum absolute atomic E-state index is 12.6. The van der Waals surface area contributed by atoms with Crippen molar-refractivity contribution in [1.29, 1.82) is 0 Å². The lowest BCUT2D eigenvalue weighted by molar-refractivity contribution is -0.129. The van der Waals surface area contributed by atoms with Gasteiger partial charge in [0.1, 0.15) is 5.76 Å². The Labute approximate surface area is 148 Å². The Hall–Kier alpha value is -2.14. The zero-order chi connectivity index (χ0) is 17.6. The van der Waals surface area contributed by atoms with E-state index in [1.807, 2.05) is 32.0 Å². The molecule has 1 aromatic heterocycles. The van der Waals surface area contributed by atoms with Crippen LogP contribution in [0.4, 0.5) is 0 Å². The van der Waals surface area contributed by atoms with E-state index in [0.717, 1.165) is 49.2 Å². The molecule has 2 aliphatic rings. The second-order valence-corrected chi connectivity index (χ2v) is 7.61. The number of hydrogen-bond donors (Lipinski definition) is 1. The zero-order valence-electron chi connectivity index (χ0n) is 14.9. The molecule has 3 atom stereocenters. The van der Waals surface area contributed by atoms with E-state index in [2.05, 4.69) is 22.2 Å². The van der Waals surface area contributed by atoms with Crippen LogP contribution in [0.25, 0.3) is 0 Å². The van der Waals surface area contributed by atoms with E-state index in [-0.39, 0.29) is 11.9 Å². The topological polar surface area (TPSA) is 72.4 Å². The van der Waals surface area contributed by atoms with Gasteiger partial charge in [0.15, 0.2) is 0 Å². The smallest absolute Gasteiger partial charge is 0.225 e. The number of hydrogen-bond acceptors (Lipinski definition) is 4. The molecule has 0 unspecified atom stereocenters. The number of rotatable bonds is 5. The van der Waals surface area contributed by atoms with E-state index in [0.29, 0.717) is 6.04 Å². The van der Waals surface area contributed by atoms with Gasteiger partial charge in [-0.1, -0.05) is 35.5 Å². The fraction of sp³-hybridized carbons (Fsp3) is 0.500. The molecule has 4 rings (SSSR count). The summed E-state index contributed by atoms with van der Waals surface area (Å²) in [5.74, 6) is 0.712. The van der Waals surface area contributed by atoms with E-state index >= 15 is 0 Å². The van der Waals surface area contributed by atoms with Gasteiger partial charge in [-0.05, 0) is 45.1 Å². The molecule has 2 aromatic rings. The van der Waals surface area contributed by atoms with Crippen LogP contribution in [0.3, 0.4) is 0 Å². The summed E-state index contributed by atoms with van der Waals surface area (Å²) in [7, 11) is 0. The van der Waals surface area contributed by atoms with E-state index in [1.54, 1.807) is 0 Å². The van der Waals surface area contributed by atoms with E-state index in [9.17, 15) is 4.79 Å². The second kappa shape index (κ2) is 5.99. The fourth-order valence-corrected chi connectivity index (χ4v) is 4.96. The van der Waals surface area contributed by atoms with Gasteiger partial charge >= 0.3 is 0 Å². The molecule has 3 heterocycles. The Kier molecular flexibility index (Phi) is 3.91. The van der Waals surface area contributed by atoms with Gasteiger partial charge in [-0.25, -0.2) is 0 Å². The van der Waals surface area contributed by atoms with Crippen LogP contribution in [0.15, 0.2) is 34.9 Å². The first kappa shape index (κ1) is 16.3. The van der Waals surface area contributed by atoms with E-state index < -0.39 is 5.41 Å². The molecule has 2 fully saturated rings. The molecule has 0 radical (unpaired) electrons. The minimum Gasteiger partial charge on any atom is -0.369 e. The molecule has 5 heteroatoms. The Bertz CT molecular complexity index is 766. The van der Waals surface area contributed by atoms with Crippen molar-refractivity contribution in [1.82, 2.24) is 10.1 Å². The number of aromatic nitrogens is 1. The lowest BCUT2D eigenvalue weighted by Gasteiger charge is -2.35. The largest absolute Gasteiger partial charge is 0.369 e. The van der Waals surface area contributed by atoms with Crippen LogP contribution in [0.2, 0.25) is 0 Å². The first-order chi connectivity index (χ1) is 12.0. The summed E-state index contributed by atoms with van der Waals surface area (Å²) in [6, 6.07) is 10.9. The summed E-state index contributed by atoms with van der Waals surface area (Å²) >= 11 is 0. The number of nitrogens with two attached hydrogens (primary N) is 1. The first-order valence-electron chi connectivity index (χ1n) is 9.02. The molecular weight excluding hydrogens is 314 g/mol. The third-order valence-electron chi connectivity index (χ3n) is 6.26. The lowest BCUT2D eigenvalue weighted by Crippen LogP contribution is -2.48. The normalized spacial score (nSPS) is 28.6. The van der Waals surface area contributed by atoms with Crippen molar-refractivity contribution < 1.29 is 9.32 Å². The molecular formula is C20H25N3O2. The minimum atomic E-state index is -0.469. The van der Waals surface area contributed by atoms with Crippen molar-refractivity contribution in [2.75, 3.05) is 0 Å². The molecule has 2 aliphatic heterocycles. The van der Waals surface area contributed by atoms with Gasteiger partial charge in [-0.3, -0.25) is 9.69 Å². The number of carbonyl (C=O) groups is 1. The molecule has 132 valence electrons. The van der Waals surface area contributed by atoms with Crippen LogP contribution in [-0.4, -0.2) is 28.0 Å². The van der Waals surface area contributed by atoms with Crippen molar-refractivity contribution in [3.05, 3.63) is 52.9 Å². The number of amides is 1. The second-order valence-electron chi connectivity index (χ2n) is 7.61. The van der Waals surface area contributed by atoms with Crippen LogP contribution >= 0.6 is 0 Å². The van der Waals surface area contributed by atoms with Crippen molar-refractivity contribution in [2.24, 2.45) is 11.1 Å². The summed E-state index contributed by atoms with van der Waals surface area (Å²) < 4.78 is 5.32. The Balaban J connectivity index is 1.64. The third kappa shape index (κ3) is 2.58. The summed E-state index contributed by atoms with van der Waals surface area (Å²) in [6.45, 7) is 4.73. The molecule has 0 aliphatic carbocycles. The highest BCUT2D eigenvalue weighted by Gasteiger charge is 2.58. The molecule has 5 nitrogen and oxygen atoms in total. The van der Waals surface area contributed by atoms with Gasteiger partial charge in [0.2, 0.25) is 5.91 Å². The number of carbonyl (C=O) groups excluding carboxylic acids is 1. The minimum absolute atomic E-state index is 0.160. The first-order valence-corrected chi connectivity index (χ1v) is 9.02. The Morgan fingerprint density at radius 3 is 2.72 bits per heavy atom. The quantitative estimate of drug-likeness (QED) is 0.909. The number of aryl methyl sites for hydroxylation is 2. The standard InChI is InChI=1S/C20H25N3O2/c1-13-17(14(2)25-22-13)12-23-16-8-9-18(23)20(11-16,19(21)24)10-15-6-4-3-5-7-15/h3-7,16,18H,8-12H2,1-2H3,(H2,21,24)/t16-,18+,20+/m0/s1. The lowest BCUT2D eigenvalue weighted by atomic mass is 9.69. The average Bonchev–Trinajstić information content (AvgIpc) is 3.23. The van der Waals surface area contributed by atoms with Crippen molar-refractivity contribution >= 4 is 5.91 Å². The van der Waals surface area contributed by atoms with Crippen LogP contribution < -0.4 is 5.73 Å². The Morgan fingerprint density at radius 1 is 1.32 bits per heavy atom. The van der Waals surface area contributed by atoms with Crippen molar-refractivity contribution in [3.63, 3.8) is 0 Å². The highest BCUT2D eigenvalue weighted by atomic mass is 16.5. The maximum Gasteiger partial charge on any atom is 0.225 e. The SMILES string of the molecule is Cc1noc(C)c1CN1[C@H]2CC[C@@H]1[C@](Cc1ccccc1)(C(N)=O)C2. The van der Waals surface area contributed by atoms with Crippen molar-refractivity contribution in [3.8, 4) is 0 Å². The fourth-order valence-electron chi connectivity index (χ4n) is 4.96. The predicted molar refractivity (Wildman–Crippen MR) is 94.7 cm³/mol.